The minimum atomic E-state index is -1.05. The van der Waals surface area contributed by atoms with E-state index in [1.165, 1.54) is 6.07 Å². The summed E-state index contributed by atoms with van der Waals surface area (Å²) in [5.41, 5.74) is 5.34. The molecule has 2 aromatic rings. The number of aromatic nitrogens is 1. The highest BCUT2D eigenvalue weighted by Gasteiger charge is 2.09. The number of nitrogens with one attached hydrogen (secondary N) is 1. The van der Waals surface area contributed by atoms with Crippen molar-refractivity contribution in [2.24, 2.45) is 0 Å². The lowest BCUT2D eigenvalue weighted by Crippen LogP contribution is -2.16. The zero-order valence-electron chi connectivity index (χ0n) is 9.73. The van der Waals surface area contributed by atoms with Crippen molar-refractivity contribution in [3.8, 4) is 0 Å². The number of carboxylic acid groups (broad SMARTS) is 1. The molecule has 0 aliphatic rings. The summed E-state index contributed by atoms with van der Waals surface area (Å²) in [5.74, 6) is -0.498. The predicted molar refractivity (Wildman–Crippen MR) is 62.6 cm³/mol. The van der Waals surface area contributed by atoms with E-state index in [1.54, 1.807) is 6.07 Å². The fraction of sp³-hybridized carbons (Fsp3) is 0.250. The molecule has 0 radical (unpaired) electrons. The van der Waals surface area contributed by atoms with Gasteiger partial charge in [0.1, 0.15) is 5.76 Å². The number of carboxylic acids is 1. The van der Waals surface area contributed by atoms with Crippen molar-refractivity contribution >= 4 is 5.97 Å². The lowest BCUT2D eigenvalue weighted by atomic mass is 10.4. The molecule has 2 aromatic heterocycles. The number of hydrogen-bond acceptors (Lipinski definition) is 3. The van der Waals surface area contributed by atoms with Crippen molar-refractivity contribution in [2.75, 3.05) is 5.43 Å². The van der Waals surface area contributed by atoms with Crippen LogP contribution in [0.2, 0.25) is 0 Å². The van der Waals surface area contributed by atoms with Crippen LogP contribution in [0.25, 0.3) is 0 Å². The Morgan fingerprint density at radius 1 is 1.29 bits per heavy atom. The minimum Gasteiger partial charge on any atom is -0.475 e. The van der Waals surface area contributed by atoms with Gasteiger partial charge >= 0.3 is 5.97 Å². The van der Waals surface area contributed by atoms with Crippen molar-refractivity contribution < 1.29 is 14.3 Å². The molecule has 0 amide bonds. The van der Waals surface area contributed by atoms with Crippen molar-refractivity contribution in [2.45, 2.75) is 20.4 Å². The number of aromatic carboxylic acids is 1. The first kappa shape index (κ1) is 11.3. The van der Waals surface area contributed by atoms with Gasteiger partial charge in [0.2, 0.25) is 5.76 Å². The highest BCUT2D eigenvalue weighted by atomic mass is 16.4. The van der Waals surface area contributed by atoms with Crippen LogP contribution >= 0.6 is 0 Å². The van der Waals surface area contributed by atoms with Gasteiger partial charge in [-0.1, -0.05) is 0 Å². The van der Waals surface area contributed by atoms with Crippen LogP contribution in [0.4, 0.5) is 0 Å². The van der Waals surface area contributed by atoms with Gasteiger partial charge in [-0.2, -0.15) is 0 Å². The zero-order chi connectivity index (χ0) is 12.4. The molecular formula is C12H14N2O3. The molecule has 0 aliphatic heterocycles. The van der Waals surface area contributed by atoms with Gasteiger partial charge in [0, 0.05) is 11.4 Å². The van der Waals surface area contributed by atoms with E-state index >= 15 is 0 Å². The minimum absolute atomic E-state index is 0.0391. The summed E-state index contributed by atoms with van der Waals surface area (Å²) in [6, 6.07) is 7.12. The maximum Gasteiger partial charge on any atom is 0.371 e. The van der Waals surface area contributed by atoms with E-state index in [0.29, 0.717) is 12.3 Å². The van der Waals surface area contributed by atoms with Crippen LogP contribution in [0.5, 0.6) is 0 Å². The zero-order valence-corrected chi connectivity index (χ0v) is 9.73. The highest BCUT2D eigenvalue weighted by Crippen LogP contribution is 2.09. The summed E-state index contributed by atoms with van der Waals surface area (Å²) < 4.78 is 7.08. The molecule has 5 heteroatoms. The molecule has 0 saturated heterocycles. The molecule has 2 rings (SSSR count). The maximum absolute atomic E-state index is 10.6. The van der Waals surface area contributed by atoms with Gasteiger partial charge in [0.25, 0.3) is 0 Å². The molecule has 2 heterocycles. The summed E-state index contributed by atoms with van der Waals surface area (Å²) in [6.45, 7) is 4.43. The molecule has 0 saturated carbocycles. The summed E-state index contributed by atoms with van der Waals surface area (Å²) in [7, 11) is 0. The molecule has 0 spiro atoms. The normalized spacial score (nSPS) is 10.5. The van der Waals surface area contributed by atoms with Gasteiger partial charge in [-0.25, -0.2) is 4.79 Å². The Labute approximate surface area is 98.6 Å². The van der Waals surface area contributed by atoms with Gasteiger partial charge in [-0.15, -0.1) is 0 Å². The lowest BCUT2D eigenvalue weighted by molar-refractivity contribution is 0.0660. The Morgan fingerprint density at radius 2 is 1.94 bits per heavy atom. The fourth-order valence-corrected chi connectivity index (χ4v) is 1.66. The predicted octanol–water partition coefficient (Wildman–Crippen LogP) is 2.14. The van der Waals surface area contributed by atoms with Crippen LogP contribution in [-0.4, -0.2) is 15.8 Å². The van der Waals surface area contributed by atoms with Crippen molar-refractivity contribution in [1.29, 1.82) is 0 Å². The summed E-state index contributed by atoms with van der Waals surface area (Å²) >= 11 is 0. The molecule has 5 nitrogen and oxygen atoms in total. The monoisotopic (exact) mass is 234 g/mol. The second kappa shape index (κ2) is 4.37. The summed E-state index contributed by atoms with van der Waals surface area (Å²) in [4.78, 5) is 10.6. The molecule has 90 valence electrons. The van der Waals surface area contributed by atoms with E-state index in [1.807, 2.05) is 30.7 Å². The van der Waals surface area contributed by atoms with E-state index in [2.05, 4.69) is 5.43 Å². The maximum atomic E-state index is 10.6. The van der Waals surface area contributed by atoms with Crippen molar-refractivity contribution in [1.82, 2.24) is 4.68 Å². The number of aryl methyl sites for hydroxylation is 2. The molecule has 0 unspecified atom stereocenters. The van der Waals surface area contributed by atoms with Crippen molar-refractivity contribution in [3.63, 3.8) is 0 Å². The third kappa shape index (κ3) is 2.33. The van der Waals surface area contributed by atoms with Crippen LogP contribution in [0.3, 0.4) is 0 Å². The number of carbonyl (C=O) groups is 1. The van der Waals surface area contributed by atoms with Gasteiger partial charge in [0.05, 0.1) is 6.54 Å². The molecule has 0 fully saturated rings. The summed E-state index contributed by atoms with van der Waals surface area (Å²) in [5, 5.41) is 8.72. The molecule has 2 N–H and O–H groups in total. The van der Waals surface area contributed by atoms with E-state index < -0.39 is 5.97 Å². The molecule has 0 bridgehead atoms. The Bertz CT molecular complexity index is 520. The lowest BCUT2D eigenvalue weighted by Gasteiger charge is -2.10. The Morgan fingerprint density at radius 3 is 2.47 bits per heavy atom. The topological polar surface area (TPSA) is 67.4 Å². The first-order valence-electron chi connectivity index (χ1n) is 5.29. The molecule has 0 atom stereocenters. The second-order valence-corrected chi connectivity index (χ2v) is 3.86. The van der Waals surface area contributed by atoms with E-state index in [0.717, 1.165) is 11.4 Å². The molecule has 0 aliphatic carbocycles. The Hall–Kier alpha value is -2.17. The third-order valence-electron chi connectivity index (χ3n) is 2.55. The van der Waals surface area contributed by atoms with Gasteiger partial charge in [-0.05, 0) is 38.1 Å². The number of furan rings is 1. The van der Waals surface area contributed by atoms with Crippen LogP contribution in [-0.2, 0) is 6.54 Å². The van der Waals surface area contributed by atoms with E-state index in [4.69, 9.17) is 9.52 Å². The van der Waals surface area contributed by atoms with Crippen LogP contribution in [0.1, 0.15) is 27.7 Å². The number of nitrogens with zero attached hydrogens (tertiary/aromatic N) is 1. The highest BCUT2D eigenvalue weighted by molar-refractivity contribution is 5.84. The fourth-order valence-electron chi connectivity index (χ4n) is 1.66. The SMILES string of the molecule is Cc1ccc(C)n1NCc1ccc(C(=O)O)o1. The van der Waals surface area contributed by atoms with E-state index in [9.17, 15) is 4.79 Å². The van der Waals surface area contributed by atoms with Crippen molar-refractivity contribution in [3.05, 3.63) is 47.2 Å². The van der Waals surface area contributed by atoms with Crippen LogP contribution < -0.4 is 5.43 Å². The number of rotatable bonds is 4. The smallest absolute Gasteiger partial charge is 0.371 e. The molecule has 17 heavy (non-hydrogen) atoms. The Kier molecular flexibility index (Phi) is 2.91. The standard InChI is InChI=1S/C12H14N2O3/c1-8-3-4-9(2)14(8)13-7-10-5-6-11(17-10)12(15)16/h3-6,13H,7H2,1-2H3,(H,15,16). The molecule has 0 aromatic carbocycles. The average Bonchev–Trinajstić information content (AvgIpc) is 2.85. The van der Waals surface area contributed by atoms with Gasteiger partial charge < -0.3 is 14.9 Å². The Balaban J connectivity index is 2.05. The molecular weight excluding hydrogens is 220 g/mol. The number of hydrogen-bond donors (Lipinski definition) is 2. The van der Waals surface area contributed by atoms with Crippen LogP contribution in [0.15, 0.2) is 28.7 Å². The first-order chi connectivity index (χ1) is 8.08. The van der Waals surface area contributed by atoms with Crippen LogP contribution in [0, 0.1) is 13.8 Å². The first-order valence-corrected chi connectivity index (χ1v) is 5.29. The second-order valence-electron chi connectivity index (χ2n) is 3.86. The van der Waals surface area contributed by atoms with Gasteiger partial charge in [-0.3, -0.25) is 4.68 Å². The largest absolute Gasteiger partial charge is 0.475 e. The third-order valence-corrected chi connectivity index (χ3v) is 2.55. The summed E-state index contributed by atoms with van der Waals surface area (Å²) in [6.07, 6.45) is 0. The van der Waals surface area contributed by atoms with Gasteiger partial charge in [0.15, 0.2) is 0 Å². The average molecular weight is 234 g/mol. The quantitative estimate of drug-likeness (QED) is 0.850. The van der Waals surface area contributed by atoms with E-state index in [-0.39, 0.29) is 5.76 Å².